The number of rotatable bonds is 2. The van der Waals surface area contributed by atoms with Gasteiger partial charge in [0, 0.05) is 5.33 Å². The molecule has 2 atom stereocenters. The third-order valence-electron chi connectivity index (χ3n) is 1.30. The Morgan fingerprint density at radius 1 is 1.40 bits per heavy atom. The van der Waals surface area contributed by atoms with Crippen LogP contribution in [0.15, 0.2) is 0 Å². The molecule has 10 heavy (non-hydrogen) atoms. The fourth-order valence-electron chi connectivity index (χ4n) is 0.758. The molecule has 0 amide bonds. The molecule has 1 aliphatic heterocycles. The Morgan fingerprint density at radius 3 is 2.30 bits per heavy atom. The first-order valence-electron chi connectivity index (χ1n) is 2.84. The van der Waals surface area contributed by atoms with E-state index in [-0.39, 0.29) is 0 Å². The molecule has 0 saturated carbocycles. The third kappa shape index (κ3) is 1.85. The van der Waals surface area contributed by atoms with Crippen LogP contribution in [0.5, 0.6) is 0 Å². The predicted octanol–water partition coefficient (Wildman–Crippen LogP) is 2.10. The van der Waals surface area contributed by atoms with Crippen LogP contribution in [0.25, 0.3) is 0 Å². The van der Waals surface area contributed by atoms with E-state index in [9.17, 15) is 13.2 Å². The molecule has 1 saturated heterocycles. The molecule has 0 aromatic heterocycles. The number of alkyl halides is 4. The van der Waals surface area contributed by atoms with Gasteiger partial charge in [-0.25, -0.2) is 0 Å². The molecule has 0 aromatic rings. The molecule has 0 N–H and O–H groups in total. The number of epoxide rings is 1. The smallest absolute Gasteiger partial charge is 0.360 e. The van der Waals surface area contributed by atoms with Gasteiger partial charge in [0.2, 0.25) is 0 Å². The molecule has 0 spiro atoms. The predicted molar refractivity (Wildman–Crippen MR) is 33.1 cm³/mol. The van der Waals surface area contributed by atoms with Crippen LogP contribution < -0.4 is 0 Å². The molecule has 1 rings (SSSR count). The van der Waals surface area contributed by atoms with Gasteiger partial charge in [-0.1, -0.05) is 15.9 Å². The van der Waals surface area contributed by atoms with Crippen molar-refractivity contribution in [1.82, 2.24) is 0 Å². The lowest BCUT2D eigenvalue weighted by molar-refractivity contribution is -0.146. The number of hydrogen-bond acceptors (Lipinski definition) is 1. The second-order valence-electron chi connectivity index (χ2n) is 2.11. The molecule has 60 valence electrons. The van der Waals surface area contributed by atoms with Crippen LogP contribution >= 0.6 is 15.9 Å². The summed E-state index contributed by atoms with van der Waals surface area (Å²) in [5.74, 6) is 0. The summed E-state index contributed by atoms with van der Waals surface area (Å²) in [6.07, 6.45) is -5.82. The highest BCUT2D eigenvalue weighted by Crippen LogP contribution is 2.39. The number of hydrogen-bond donors (Lipinski definition) is 0. The van der Waals surface area contributed by atoms with Crippen LogP contribution in [-0.4, -0.2) is 23.7 Å². The zero-order valence-corrected chi connectivity index (χ0v) is 6.58. The Hall–Kier alpha value is 0.230. The van der Waals surface area contributed by atoms with E-state index in [0.29, 0.717) is 11.8 Å². The monoisotopic (exact) mass is 218 g/mol. The normalized spacial score (nSPS) is 32.4. The van der Waals surface area contributed by atoms with Crippen LogP contribution in [0.1, 0.15) is 6.42 Å². The van der Waals surface area contributed by atoms with Gasteiger partial charge in [-0.05, 0) is 6.42 Å². The summed E-state index contributed by atoms with van der Waals surface area (Å²) in [5.41, 5.74) is 0. The lowest BCUT2D eigenvalue weighted by Gasteiger charge is -1.98. The summed E-state index contributed by atoms with van der Waals surface area (Å²) >= 11 is 3.04. The molecule has 0 aromatic carbocycles. The Morgan fingerprint density at radius 2 is 2.00 bits per heavy atom. The van der Waals surface area contributed by atoms with Gasteiger partial charge < -0.3 is 4.74 Å². The lowest BCUT2D eigenvalue weighted by Crippen LogP contribution is -2.18. The van der Waals surface area contributed by atoms with Crippen LogP contribution in [0.2, 0.25) is 0 Å². The van der Waals surface area contributed by atoms with Crippen molar-refractivity contribution in [3.05, 3.63) is 0 Å². The van der Waals surface area contributed by atoms with E-state index >= 15 is 0 Å². The molecule has 1 nitrogen and oxygen atoms in total. The summed E-state index contributed by atoms with van der Waals surface area (Å²) in [7, 11) is 0. The molecular weight excluding hydrogens is 213 g/mol. The Balaban J connectivity index is 2.25. The first kappa shape index (κ1) is 8.33. The van der Waals surface area contributed by atoms with E-state index in [0.717, 1.165) is 0 Å². The molecule has 0 aliphatic carbocycles. The van der Waals surface area contributed by atoms with Crippen molar-refractivity contribution in [2.24, 2.45) is 0 Å². The highest BCUT2D eigenvalue weighted by molar-refractivity contribution is 9.09. The molecule has 5 heteroatoms. The molecule has 1 aliphatic rings. The maximum Gasteiger partial charge on any atom is 0.417 e. The fourth-order valence-corrected chi connectivity index (χ4v) is 1.21. The van der Waals surface area contributed by atoms with Crippen molar-refractivity contribution in [3.8, 4) is 0 Å². The zero-order chi connectivity index (χ0) is 7.78. The van der Waals surface area contributed by atoms with Gasteiger partial charge in [-0.3, -0.25) is 0 Å². The quantitative estimate of drug-likeness (QED) is 0.511. The highest BCUT2D eigenvalue weighted by atomic mass is 79.9. The molecule has 0 bridgehead atoms. The summed E-state index contributed by atoms with van der Waals surface area (Å²) in [6, 6.07) is 0. The minimum absolute atomic E-state index is 0.435. The Bertz CT molecular complexity index is 125. The summed E-state index contributed by atoms with van der Waals surface area (Å²) in [4.78, 5) is 0. The van der Waals surface area contributed by atoms with Gasteiger partial charge in [0.05, 0.1) is 6.10 Å². The summed E-state index contributed by atoms with van der Waals surface area (Å²) in [5, 5.41) is 0.560. The van der Waals surface area contributed by atoms with Crippen molar-refractivity contribution in [3.63, 3.8) is 0 Å². The number of ether oxygens (including phenoxy) is 1. The van der Waals surface area contributed by atoms with Crippen molar-refractivity contribution >= 4 is 15.9 Å². The second-order valence-corrected chi connectivity index (χ2v) is 2.91. The number of halogens is 4. The van der Waals surface area contributed by atoms with Gasteiger partial charge in [-0.2, -0.15) is 13.2 Å². The van der Waals surface area contributed by atoms with Gasteiger partial charge in [0.25, 0.3) is 0 Å². The topological polar surface area (TPSA) is 12.5 Å². The van der Waals surface area contributed by atoms with Crippen molar-refractivity contribution in [2.45, 2.75) is 24.8 Å². The first-order chi connectivity index (χ1) is 4.55. The van der Waals surface area contributed by atoms with Crippen LogP contribution in [0.4, 0.5) is 13.2 Å². The molecule has 0 radical (unpaired) electrons. The second kappa shape index (κ2) is 2.70. The fraction of sp³-hybridized carbons (Fsp3) is 1.00. The van der Waals surface area contributed by atoms with E-state index in [4.69, 9.17) is 0 Å². The van der Waals surface area contributed by atoms with E-state index in [1.165, 1.54) is 0 Å². The molecule has 2 unspecified atom stereocenters. The van der Waals surface area contributed by atoms with E-state index in [1.54, 1.807) is 0 Å². The molecule has 1 heterocycles. The van der Waals surface area contributed by atoms with Crippen molar-refractivity contribution in [2.75, 3.05) is 5.33 Å². The van der Waals surface area contributed by atoms with Crippen molar-refractivity contribution in [1.29, 1.82) is 0 Å². The maximum absolute atomic E-state index is 11.7. The third-order valence-corrected chi connectivity index (χ3v) is 1.76. The van der Waals surface area contributed by atoms with Gasteiger partial charge in [0.1, 0.15) is 0 Å². The Labute approximate surface area is 64.7 Å². The first-order valence-corrected chi connectivity index (χ1v) is 3.96. The lowest BCUT2D eigenvalue weighted by atomic mass is 10.2. The van der Waals surface area contributed by atoms with Gasteiger partial charge in [0.15, 0.2) is 6.10 Å². The van der Waals surface area contributed by atoms with Crippen molar-refractivity contribution < 1.29 is 17.9 Å². The average molecular weight is 219 g/mol. The summed E-state index contributed by atoms with van der Waals surface area (Å²) < 4.78 is 39.4. The SMILES string of the molecule is FC(F)(F)C1OC1CCBr. The molecule has 1 fully saturated rings. The standard InChI is InChI=1S/C5H6BrF3O/c6-2-1-3-4(10-3)5(7,8)9/h3-4H,1-2H2. The maximum atomic E-state index is 11.7. The van der Waals surface area contributed by atoms with Crippen LogP contribution in [0.3, 0.4) is 0 Å². The minimum Gasteiger partial charge on any atom is -0.360 e. The van der Waals surface area contributed by atoms with E-state index in [2.05, 4.69) is 20.7 Å². The largest absolute Gasteiger partial charge is 0.417 e. The minimum atomic E-state index is -4.16. The van der Waals surface area contributed by atoms with E-state index in [1.807, 2.05) is 0 Å². The highest BCUT2D eigenvalue weighted by Gasteiger charge is 2.57. The zero-order valence-electron chi connectivity index (χ0n) is 4.99. The summed E-state index contributed by atoms with van der Waals surface area (Å²) in [6.45, 7) is 0. The molecular formula is C5H6BrF3O. The van der Waals surface area contributed by atoms with Gasteiger partial charge in [-0.15, -0.1) is 0 Å². The van der Waals surface area contributed by atoms with Crippen LogP contribution in [0, 0.1) is 0 Å². The van der Waals surface area contributed by atoms with E-state index < -0.39 is 18.4 Å². The Kier molecular flexibility index (Phi) is 2.24. The van der Waals surface area contributed by atoms with Crippen LogP contribution in [-0.2, 0) is 4.74 Å². The average Bonchev–Trinajstić information content (AvgIpc) is 2.44. The van der Waals surface area contributed by atoms with Gasteiger partial charge >= 0.3 is 6.18 Å².